The smallest absolute Gasteiger partial charge is 0.445 e. The average molecular weight is 501 g/mol. The van der Waals surface area contributed by atoms with Crippen molar-refractivity contribution in [3.63, 3.8) is 0 Å². The van der Waals surface area contributed by atoms with E-state index in [1.54, 1.807) is 4.90 Å². The quantitative estimate of drug-likeness (QED) is 0.542. The van der Waals surface area contributed by atoms with Crippen LogP contribution in [0.4, 0.5) is 22.4 Å². The summed E-state index contributed by atoms with van der Waals surface area (Å²) in [6, 6.07) is 5.41. The Morgan fingerprint density at radius 1 is 1.03 bits per heavy atom. The molecule has 4 aliphatic rings. The minimum atomic E-state index is -4.79. The normalized spacial score (nSPS) is 32.3. The van der Waals surface area contributed by atoms with Crippen molar-refractivity contribution >= 4 is 12.0 Å². The number of nitrogens with zero attached hydrogens (tertiary/aromatic N) is 2. The second-order valence-electron chi connectivity index (χ2n) is 9.71. The molecule has 0 radical (unpaired) electrons. The maximum Gasteiger partial charge on any atom is 0.573 e. The number of likely N-dealkylation sites (tertiary alicyclic amines) is 2. The van der Waals surface area contributed by atoms with Crippen molar-refractivity contribution < 1.29 is 36.6 Å². The predicted molar refractivity (Wildman–Crippen MR) is 113 cm³/mol. The molecule has 1 aromatic carbocycles. The summed E-state index contributed by atoms with van der Waals surface area (Å²) in [5.41, 5.74) is 7.93. The van der Waals surface area contributed by atoms with Crippen LogP contribution < -0.4 is 21.1 Å². The molecule has 3 heterocycles. The molecule has 0 aromatic heterocycles. The maximum absolute atomic E-state index is 15.7. The van der Waals surface area contributed by atoms with Crippen LogP contribution in [0.2, 0.25) is 0 Å². The molecule has 1 saturated carbocycles. The first-order chi connectivity index (χ1) is 16.6. The van der Waals surface area contributed by atoms with E-state index in [4.69, 9.17) is 4.74 Å². The Kier molecular flexibility index (Phi) is 6.26. The number of nitrogens with one attached hydrogen (secondary N) is 3. The molecule has 3 N–H and O–H groups in total. The summed E-state index contributed by atoms with van der Waals surface area (Å²) >= 11 is 0. The summed E-state index contributed by atoms with van der Waals surface area (Å²) in [5.74, 6) is -1.04. The van der Waals surface area contributed by atoms with Crippen molar-refractivity contribution in [3.8, 4) is 5.75 Å². The van der Waals surface area contributed by atoms with Crippen LogP contribution in [0.25, 0.3) is 0 Å². The van der Waals surface area contributed by atoms with E-state index in [9.17, 15) is 22.8 Å². The predicted octanol–water partition coefficient (Wildman–Crippen LogP) is 1.85. The zero-order valence-electron chi connectivity index (χ0n) is 18.8. The van der Waals surface area contributed by atoms with Crippen LogP contribution in [0.15, 0.2) is 24.3 Å². The Morgan fingerprint density at radius 3 is 2.43 bits per heavy atom. The second-order valence-corrected chi connectivity index (χ2v) is 9.71. The Bertz CT molecular complexity index is 964. The molecule has 9 nitrogen and oxygen atoms in total. The monoisotopic (exact) mass is 501 g/mol. The maximum atomic E-state index is 15.7. The summed E-state index contributed by atoms with van der Waals surface area (Å²) in [6.07, 6.45) is -3.19. The Hall–Kier alpha value is -2.64. The summed E-state index contributed by atoms with van der Waals surface area (Å²) < 4.78 is 61.4. The first kappa shape index (κ1) is 24.1. The van der Waals surface area contributed by atoms with E-state index in [1.165, 1.54) is 17.0 Å². The van der Waals surface area contributed by atoms with Gasteiger partial charge >= 0.3 is 12.5 Å². The van der Waals surface area contributed by atoms with Gasteiger partial charge in [0.15, 0.2) is 5.67 Å². The fraction of sp³-hybridized carbons (Fsp3) is 0.636. The van der Waals surface area contributed by atoms with E-state index in [-0.39, 0.29) is 62.4 Å². The van der Waals surface area contributed by atoms with Gasteiger partial charge in [-0.05, 0) is 37.0 Å². The molecule has 0 bridgehead atoms. The lowest BCUT2D eigenvalue weighted by Gasteiger charge is -2.32. The number of halogens is 4. The van der Waals surface area contributed by atoms with Crippen LogP contribution in [0.1, 0.15) is 24.8 Å². The molecule has 13 heteroatoms. The van der Waals surface area contributed by atoms with E-state index >= 15 is 4.39 Å². The zero-order chi connectivity index (χ0) is 24.8. The molecule has 3 aliphatic heterocycles. The van der Waals surface area contributed by atoms with Crippen LogP contribution in [-0.2, 0) is 16.1 Å². The number of carbonyl (C=O) groups excluding carboxylic acids is 2. The number of hydrogen-bond acceptors (Lipinski definition) is 7. The van der Waals surface area contributed by atoms with Gasteiger partial charge in [0.1, 0.15) is 12.4 Å². The molecule has 35 heavy (non-hydrogen) atoms. The van der Waals surface area contributed by atoms with Gasteiger partial charge in [0.05, 0.1) is 13.1 Å². The molecular weight excluding hydrogens is 474 g/mol. The van der Waals surface area contributed by atoms with Gasteiger partial charge < -0.3 is 19.3 Å². The number of rotatable bonds is 4. The fourth-order valence-corrected chi connectivity index (χ4v) is 5.53. The standard InChI is InChI=1S/C22H27F4N5O4/c23-21-11-30(19(32)14-3-6-17-18(7-14)28-29-27-17)8-15(21)9-31(12-21)20(33)34-10-13-1-4-16(5-2-13)35-22(24,25)26/h1-2,4-5,14-15,17-18,27-29H,3,6-12H2/t14?,15-,17?,18?,21+/m0/s1. The lowest BCUT2D eigenvalue weighted by molar-refractivity contribution is -0.274. The molecule has 0 spiro atoms. The summed E-state index contributed by atoms with van der Waals surface area (Å²) in [4.78, 5) is 28.4. The van der Waals surface area contributed by atoms with E-state index in [1.807, 2.05) is 0 Å². The third-order valence-electron chi connectivity index (χ3n) is 7.32. The molecular formula is C22H27F4N5O4. The summed E-state index contributed by atoms with van der Waals surface area (Å²) in [7, 11) is 0. The molecule has 3 saturated heterocycles. The van der Waals surface area contributed by atoms with E-state index < -0.39 is 24.0 Å². The van der Waals surface area contributed by atoms with Crippen molar-refractivity contribution in [2.24, 2.45) is 11.8 Å². The van der Waals surface area contributed by atoms with Crippen LogP contribution in [0.3, 0.4) is 0 Å². The highest BCUT2D eigenvalue weighted by atomic mass is 19.4. The van der Waals surface area contributed by atoms with Crippen molar-refractivity contribution in [1.82, 2.24) is 26.2 Å². The Morgan fingerprint density at radius 2 is 1.71 bits per heavy atom. The van der Waals surface area contributed by atoms with Crippen LogP contribution in [-0.4, -0.2) is 72.1 Å². The highest BCUT2D eigenvalue weighted by Gasteiger charge is 2.56. The largest absolute Gasteiger partial charge is 0.573 e. The number of carbonyl (C=O) groups is 2. The molecule has 5 rings (SSSR count). The summed E-state index contributed by atoms with van der Waals surface area (Å²) in [5, 5.41) is 0. The molecule has 5 atom stereocenters. The average Bonchev–Trinajstić information content (AvgIpc) is 3.48. The number of hydrogen-bond donors (Lipinski definition) is 3. The third-order valence-corrected chi connectivity index (χ3v) is 7.32. The van der Waals surface area contributed by atoms with Gasteiger partial charge in [-0.25, -0.2) is 20.0 Å². The lowest BCUT2D eigenvalue weighted by Crippen LogP contribution is -2.46. The summed E-state index contributed by atoms with van der Waals surface area (Å²) in [6.45, 7) is 0.0210. The topological polar surface area (TPSA) is 95.2 Å². The minimum Gasteiger partial charge on any atom is -0.445 e. The Labute approximate surface area is 199 Å². The molecule has 3 unspecified atom stereocenters. The second kappa shape index (κ2) is 9.10. The number of ether oxygens (including phenoxy) is 2. The third kappa shape index (κ3) is 5.16. The van der Waals surface area contributed by atoms with E-state index in [2.05, 4.69) is 21.1 Å². The van der Waals surface area contributed by atoms with E-state index in [0.717, 1.165) is 25.0 Å². The molecule has 4 fully saturated rings. The zero-order valence-corrected chi connectivity index (χ0v) is 18.8. The van der Waals surface area contributed by atoms with Gasteiger partial charge in [-0.15, -0.1) is 13.2 Å². The highest BCUT2D eigenvalue weighted by Crippen LogP contribution is 2.40. The van der Waals surface area contributed by atoms with Gasteiger partial charge in [-0.2, -0.15) is 5.53 Å². The van der Waals surface area contributed by atoms with Gasteiger partial charge in [-0.3, -0.25) is 4.79 Å². The van der Waals surface area contributed by atoms with Crippen LogP contribution in [0.5, 0.6) is 5.75 Å². The van der Waals surface area contributed by atoms with Crippen molar-refractivity contribution in [2.75, 3.05) is 26.2 Å². The molecule has 192 valence electrons. The lowest BCUT2D eigenvalue weighted by atomic mass is 9.82. The first-order valence-electron chi connectivity index (χ1n) is 11.6. The van der Waals surface area contributed by atoms with Gasteiger partial charge in [0.2, 0.25) is 5.91 Å². The van der Waals surface area contributed by atoms with E-state index in [0.29, 0.717) is 12.0 Å². The fourth-order valence-electron chi connectivity index (χ4n) is 5.53. The van der Waals surface area contributed by atoms with Gasteiger partial charge in [0, 0.05) is 37.0 Å². The minimum absolute atomic E-state index is 0.0318. The molecule has 1 aromatic rings. The number of benzene rings is 1. The van der Waals surface area contributed by atoms with Crippen molar-refractivity contribution in [3.05, 3.63) is 29.8 Å². The van der Waals surface area contributed by atoms with Gasteiger partial charge in [-0.1, -0.05) is 12.1 Å². The number of fused-ring (bicyclic) bond motifs is 2. The van der Waals surface area contributed by atoms with Crippen molar-refractivity contribution in [2.45, 2.75) is 50.0 Å². The highest BCUT2D eigenvalue weighted by molar-refractivity contribution is 5.80. The van der Waals surface area contributed by atoms with Gasteiger partial charge in [0.25, 0.3) is 0 Å². The molecule has 2 amide bonds. The number of hydrazine groups is 2. The number of amides is 2. The number of alkyl halides is 4. The van der Waals surface area contributed by atoms with Crippen LogP contribution in [0, 0.1) is 11.8 Å². The van der Waals surface area contributed by atoms with Crippen LogP contribution >= 0.6 is 0 Å². The van der Waals surface area contributed by atoms with Crippen molar-refractivity contribution in [1.29, 1.82) is 0 Å². The first-order valence-corrected chi connectivity index (χ1v) is 11.6. The Balaban J connectivity index is 1.10. The molecule has 1 aliphatic carbocycles. The SMILES string of the molecule is O=C(OCc1ccc(OC(F)(F)F)cc1)N1C[C@@H]2CN(C(=O)C3CCC4NNNC4C3)C[C@@]2(F)C1.